The molecule has 1 fully saturated rings. The number of hydrogen-bond donors (Lipinski definition) is 1. The lowest BCUT2D eigenvalue weighted by Crippen LogP contribution is -2.52. The number of nitrogens with two attached hydrogens (primary N) is 1. The Bertz CT molecular complexity index is 382. The molecule has 0 amide bonds. The number of piperidine rings is 1. The van der Waals surface area contributed by atoms with Gasteiger partial charge in [0.2, 0.25) is 10.0 Å². The molecule has 1 heterocycles. The third kappa shape index (κ3) is 5.27. The van der Waals surface area contributed by atoms with Crippen LogP contribution in [0, 0.1) is 0 Å². The van der Waals surface area contributed by atoms with Crippen LogP contribution in [0.25, 0.3) is 0 Å². The zero-order valence-electron chi connectivity index (χ0n) is 11.0. The van der Waals surface area contributed by atoms with Gasteiger partial charge in [-0.25, -0.2) is 8.42 Å². The molecular weight excluding hydrogens is 281 g/mol. The maximum atomic E-state index is 12.1. The molecule has 0 saturated carbocycles. The number of sulfonamides is 1. The zero-order valence-corrected chi connectivity index (χ0v) is 11.8. The third-order valence-electron chi connectivity index (χ3n) is 3.33. The van der Waals surface area contributed by atoms with E-state index >= 15 is 0 Å². The van der Waals surface area contributed by atoms with E-state index in [4.69, 9.17) is 5.73 Å². The fraction of sp³-hybridized carbons (Fsp3) is 1.00. The standard InChI is InChI=1S/C11H21F3N2O2S/c1-9(15)10-5-2-3-7-16(10)19(17,18)8-4-6-11(12,13)14/h9-10H,2-8,15H2,1H3. The number of rotatable bonds is 5. The molecule has 0 bridgehead atoms. The molecule has 2 N–H and O–H groups in total. The van der Waals surface area contributed by atoms with Crippen molar-refractivity contribution in [1.82, 2.24) is 4.31 Å². The van der Waals surface area contributed by atoms with E-state index in [2.05, 4.69) is 0 Å². The summed E-state index contributed by atoms with van der Waals surface area (Å²) in [5.74, 6) is -0.463. The first-order chi connectivity index (χ1) is 8.63. The van der Waals surface area contributed by atoms with Crippen LogP contribution >= 0.6 is 0 Å². The summed E-state index contributed by atoms with van der Waals surface area (Å²) in [6, 6.07) is -0.595. The van der Waals surface area contributed by atoms with Crippen molar-refractivity contribution >= 4 is 10.0 Å². The minimum atomic E-state index is -4.31. The Kier molecular flexibility index (Phi) is 5.64. The third-order valence-corrected chi connectivity index (χ3v) is 5.30. The van der Waals surface area contributed by atoms with Gasteiger partial charge in [0.15, 0.2) is 0 Å². The number of alkyl halides is 3. The molecule has 114 valence electrons. The van der Waals surface area contributed by atoms with Gasteiger partial charge in [0.25, 0.3) is 0 Å². The van der Waals surface area contributed by atoms with E-state index in [-0.39, 0.29) is 12.1 Å². The van der Waals surface area contributed by atoms with E-state index in [1.54, 1.807) is 6.92 Å². The fourth-order valence-electron chi connectivity index (χ4n) is 2.37. The number of hydrogen-bond acceptors (Lipinski definition) is 3. The summed E-state index contributed by atoms with van der Waals surface area (Å²) in [6.07, 6.45) is -3.45. The highest BCUT2D eigenvalue weighted by Crippen LogP contribution is 2.25. The van der Waals surface area contributed by atoms with Gasteiger partial charge in [0.1, 0.15) is 0 Å². The van der Waals surface area contributed by atoms with Crippen LogP contribution in [0.3, 0.4) is 0 Å². The molecule has 0 aromatic heterocycles. The molecule has 2 unspecified atom stereocenters. The Balaban J connectivity index is 2.64. The maximum absolute atomic E-state index is 12.1. The topological polar surface area (TPSA) is 63.4 Å². The average Bonchev–Trinajstić information content (AvgIpc) is 2.27. The molecule has 8 heteroatoms. The van der Waals surface area contributed by atoms with Crippen LogP contribution in [-0.4, -0.2) is 43.3 Å². The van der Waals surface area contributed by atoms with E-state index in [1.165, 1.54) is 4.31 Å². The van der Waals surface area contributed by atoms with Gasteiger partial charge in [-0.1, -0.05) is 6.42 Å². The minimum absolute atomic E-state index is 0.287. The molecule has 0 aromatic carbocycles. The normalized spacial score (nSPS) is 24.4. The van der Waals surface area contributed by atoms with Gasteiger partial charge in [-0.15, -0.1) is 0 Å². The highest BCUT2D eigenvalue weighted by atomic mass is 32.2. The lowest BCUT2D eigenvalue weighted by Gasteiger charge is -2.37. The van der Waals surface area contributed by atoms with Crippen LogP contribution in [0.1, 0.15) is 39.0 Å². The minimum Gasteiger partial charge on any atom is -0.326 e. The molecule has 0 spiro atoms. The summed E-state index contributed by atoms with van der Waals surface area (Å²) in [7, 11) is -3.65. The highest BCUT2D eigenvalue weighted by molar-refractivity contribution is 7.89. The fourth-order valence-corrected chi connectivity index (χ4v) is 4.23. The summed E-state index contributed by atoms with van der Waals surface area (Å²) < 4.78 is 61.6. The molecule has 1 rings (SSSR count). The maximum Gasteiger partial charge on any atom is 0.389 e. The van der Waals surface area contributed by atoms with Gasteiger partial charge in [-0.05, 0) is 26.2 Å². The van der Waals surface area contributed by atoms with E-state index in [0.29, 0.717) is 13.0 Å². The summed E-state index contributed by atoms with van der Waals surface area (Å²) in [5, 5.41) is 0. The predicted molar refractivity (Wildman–Crippen MR) is 67.1 cm³/mol. The second-order valence-corrected chi connectivity index (χ2v) is 7.11. The summed E-state index contributed by atoms with van der Waals surface area (Å²) in [4.78, 5) is 0. The van der Waals surface area contributed by atoms with Crippen molar-refractivity contribution in [2.45, 2.75) is 57.3 Å². The van der Waals surface area contributed by atoms with Crippen molar-refractivity contribution < 1.29 is 21.6 Å². The number of nitrogens with zero attached hydrogens (tertiary/aromatic N) is 1. The van der Waals surface area contributed by atoms with Crippen LogP contribution in [0.5, 0.6) is 0 Å². The molecule has 0 aromatic rings. The Morgan fingerprint density at radius 3 is 2.53 bits per heavy atom. The van der Waals surface area contributed by atoms with Crippen LogP contribution in [0.4, 0.5) is 13.2 Å². The largest absolute Gasteiger partial charge is 0.389 e. The van der Waals surface area contributed by atoms with Crippen molar-refractivity contribution in [3.05, 3.63) is 0 Å². The van der Waals surface area contributed by atoms with Crippen LogP contribution in [0.2, 0.25) is 0 Å². The monoisotopic (exact) mass is 302 g/mol. The van der Waals surface area contributed by atoms with Crippen molar-refractivity contribution in [2.24, 2.45) is 5.73 Å². The van der Waals surface area contributed by atoms with Crippen LogP contribution < -0.4 is 5.73 Å². The van der Waals surface area contributed by atoms with E-state index in [1.807, 2.05) is 0 Å². The lowest BCUT2D eigenvalue weighted by atomic mass is 10.00. The van der Waals surface area contributed by atoms with Gasteiger partial charge in [-0.3, -0.25) is 0 Å². The first-order valence-corrected chi connectivity index (χ1v) is 8.06. The molecule has 1 saturated heterocycles. The van der Waals surface area contributed by atoms with Gasteiger partial charge in [0, 0.05) is 25.0 Å². The molecule has 1 aliphatic heterocycles. The van der Waals surface area contributed by atoms with E-state index in [9.17, 15) is 21.6 Å². The molecule has 19 heavy (non-hydrogen) atoms. The summed E-state index contributed by atoms with van der Waals surface area (Å²) >= 11 is 0. The van der Waals surface area contributed by atoms with Gasteiger partial charge in [-0.2, -0.15) is 17.5 Å². The SMILES string of the molecule is CC(N)C1CCCCN1S(=O)(=O)CCCC(F)(F)F. The molecule has 2 atom stereocenters. The second kappa shape index (κ2) is 6.41. The summed E-state index contributed by atoms with van der Waals surface area (Å²) in [5.41, 5.74) is 5.77. The first kappa shape index (κ1) is 16.7. The molecule has 1 aliphatic rings. The van der Waals surface area contributed by atoms with Crippen molar-refractivity contribution in [2.75, 3.05) is 12.3 Å². The molecule has 0 aliphatic carbocycles. The quantitative estimate of drug-likeness (QED) is 0.843. The van der Waals surface area contributed by atoms with E-state index < -0.39 is 34.8 Å². The molecular formula is C11H21F3N2O2S. The lowest BCUT2D eigenvalue weighted by molar-refractivity contribution is -0.134. The zero-order chi connectivity index (χ0) is 14.7. The molecule has 4 nitrogen and oxygen atoms in total. The Morgan fingerprint density at radius 2 is 2.00 bits per heavy atom. The van der Waals surface area contributed by atoms with Crippen molar-refractivity contribution in [1.29, 1.82) is 0 Å². The van der Waals surface area contributed by atoms with Gasteiger partial charge < -0.3 is 5.73 Å². The Morgan fingerprint density at radius 1 is 1.37 bits per heavy atom. The van der Waals surface area contributed by atoms with E-state index in [0.717, 1.165) is 12.8 Å². The van der Waals surface area contributed by atoms with Gasteiger partial charge >= 0.3 is 6.18 Å². The Labute approximate surface area is 112 Å². The first-order valence-electron chi connectivity index (χ1n) is 6.45. The highest BCUT2D eigenvalue weighted by Gasteiger charge is 2.35. The smallest absolute Gasteiger partial charge is 0.326 e. The average molecular weight is 302 g/mol. The Hall–Kier alpha value is -0.340. The molecule has 0 radical (unpaired) electrons. The van der Waals surface area contributed by atoms with Gasteiger partial charge in [0.05, 0.1) is 5.75 Å². The second-order valence-electron chi connectivity index (χ2n) is 5.07. The summed E-state index contributed by atoms with van der Waals surface area (Å²) in [6.45, 7) is 2.09. The predicted octanol–water partition coefficient (Wildman–Crippen LogP) is 1.86. The van der Waals surface area contributed by atoms with Crippen molar-refractivity contribution in [3.63, 3.8) is 0 Å². The van der Waals surface area contributed by atoms with Crippen LogP contribution in [-0.2, 0) is 10.0 Å². The van der Waals surface area contributed by atoms with Crippen molar-refractivity contribution in [3.8, 4) is 0 Å². The number of halogens is 3. The van der Waals surface area contributed by atoms with Crippen LogP contribution in [0.15, 0.2) is 0 Å².